The lowest BCUT2D eigenvalue weighted by Crippen LogP contribution is -2.50. The van der Waals surface area contributed by atoms with Crippen molar-refractivity contribution in [2.45, 2.75) is 50.5 Å². The zero-order valence-electron chi connectivity index (χ0n) is 15.4. The van der Waals surface area contributed by atoms with Crippen LogP contribution < -0.4 is 0 Å². The third-order valence-corrected chi connectivity index (χ3v) is 6.19. The molecule has 0 aromatic heterocycles. The fourth-order valence-corrected chi connectivity index (χ4v) is 4.77. The first-order chi connectivity index (χ1) is 13.0. The lowest BCUT2D eigenvalue weighted by molar-refractivity contribution is -0.384. The Balaban J connectivity index is 1.55. The average molecular weight is 371 g/mol. The van der Waals surface area contributed by atoms with Gasteiger partial charge in [0.1, 0.15) is 0 Å². The molecule has 7 heteroatoms. The Kier molecular flexibility index (Phi) is 4.95. The zero-order chi connectivity index (χ0) is 19.0. The van der Waals surface area contributed by atoms with E-state index in [2.05, 4.69) is 4.90 Å². The number of nitrogens with zero attached hydrogens (tertiary/aromatic N) is 3. The number of likely N-dealkylation sites (tertiary alicyclic amines) is 2. The van der Waals surface area contributed by atoms with Crippen molar-refractivity contribution in [2.75, 3.05) is 26.2 Å². The summed E-state index contributed by atoms with van der Waals surface area (Å²) in [4.78, 5) is 40.6. The number of ketones is 1. The minimum atomic E-state index is -0.501. The summed E-state index contributed by atoms with van der Waals surface area (Å²) in [5, 5.41) is 11.0. The lowest BCUT2D eigenvalue weighted by Gasteiger charge is -2.39. The zero-order valence-corrected chi connectivity index (χ0v) is 15.4. The molecule has 2 fully saturated rings. The molecule has 2 heterocycles. The molecule has 144 valence electrons. The minimum Gasteiger partial charge on any atom is -0.338 e. The van der Waals surface area contributed by atoms with E-state index in [1.807, 2.05) is 4.90 Å². The fraction of sp³-hybridized carbons (Fsp3) is 0.600. The van der Waals surface area contributed by atoms with Gasteiger partial charge in [-0.1, -0.05) is 6.07 Å². The molecule has 3 aliphatic rings. The van der Waals surface area contributed by atoms with Gasteiger partial charge >= 0.3 is 0 Å². The Morgan fingerprint density at radius 1 is 1.15 bits per heavy atom. The molecule has 7 nitrogen and oxygen atoms in total. The predicted molar refractivity (Wildman–Crippen MR) is 99.8 cm³/mol. The van der Waals surface area contributed by atoms with Gasteiger partial charge in [0.25, 0.3) is 5.69 Å². The summed E-state index contributed by atoms with van der Waals surface area (Å²) in [5.74, 6) is -0.646. The molecule has 0 spiro atoms. The number of rotatable bonds is 4. The first kappa shape index (κ1) is 18.1. The number of hydrogen-bond acceptors (Lipinski definition) is 5. The van der Waals surface area contributed by atoms with E-state index < -0.39 is 10.8 Å². The summed E-state index contributed by atoms with van der Waals surface area (Å²) < 4.78 is 0. The van der Waals surface area contributed by atoms with Crippen molar-refractivity contribution < 1.29 is 14.5 Å². The van der Waals surface area contributed by atoms with Crippen LogP contribution in [0, 0.1) is 10.1 Å². The van der Waals surface area contributed by atoms with Gasteiger partial charge in [0.15, 0.2) is 5.78 Å². The topological polar surface area (TPSA) is 83.8 Å². The number of carbonyl (C=O) groups is 2. The summed E-state index contributed by atoms with van der Waals surface area (Å²) in [6, 6.07) is 4.53. The van der Waals surface area contributed by atoms with Crippen LogP contribution in [0.25, 0.3) is 0 Å². The van der Waals surface area contributed by atoms with Crippen molar-refractivity contribution in [2.24, 2.45) is 0 Å². The van der Waals surface area contributed by atoms with Crippen LogP contribution in [0.1, 0.15) is 60.4 Å². The summed E-state index contributed by atoms with van der Waals surface area (Å²) in [7, 11) is 0. The van der Waals surface area contributed by atoms with Crippen molar-refractivity contribution in [3.8, 4) is 0 Å². The molecule has 0 bridgehead atoms. The second-order valence-electron chi connectivity index (χ2n) is 7.90. The van der Waals surface area contributed by atoms with E-state index in [1.165, 1.54) is 25.0 Å². The fourth-order valence-electron chi connectivity index (χ4n) is 4.77. The number of hydrogen-bond donors (Lipinski definition) is 0. The van der Waals surface area contributed by atoms with E-state index >= 15 is 0 Å². The highest BCUT2D eigenvalue weighted by Gasteiger charge is 2.40. The van der Waals surface area contributed by atoms with Crippen LogP contribution in [0.4, 0.5) is 5.69 Å². The summed E-state index contributed by atoms with van der Waals surface area (Å²) in [6.07, 6.45) is 5.72. The van der Waals surface area contributed by atoms with Gasteiger partial charge in [0.2, 0.25) is 5.91 Å². The molecule has 0 N–H and O–H groups in total. The third-order valence-electron chi connectivity index (χ3n) is 6.19. The maximum atomic E-state index is 13.3. The molecular weight excluding hydrogens is 346 g/mol. The van der Waals surface area contributed by atoms with E-state index in [4.69, 9.17) is 0 Å². The molecule has 4 rings (SSSR count). The maximum Gasteiger partial charge on any atom is 0.270 e. The number of amides is 1. The van der Waals surface area contributed by atoms with Crippen molar-refractivity contribution in [3.63, 3.8) is 0 Å². The number of fused-ring (bicyclic) bond motifs is 1. The van der Waals surface area contributed by atoms with Crippen LogP contribution >= 0.6 is 0 Å². The van der Waals surface area contributed by atoms with Gasteiger partial charge in [-0.05, 0) is 50.8 Å². The molecule has 2 aliphatic heterocycles. The molecule has 27 heavy (non-hydrogen) atoms. The van der Waals surface area contributed by atoms with Gasteiger partial charge < -0.3 is 9.80 Å². The normalized spacial score (nSPS) is 25.6. The molecule has 1 aromatic carbocycles. The molecule has 1 aliphatic carbocycles. The standard InChI is InChI=1S/C20H25N3O4/c24-19-12-18(16-7-6-14(23(26)27)11-17(16)19)20(25)22-10-2-1-5-15(22)13-21-8-3-4-9-21/h6-7,11,15,18H,1-5,8-10,12-13H2. The molecule has 1 amide bonds. The Morgan fingerprint density at radius 3 is 2.63 bits per heavy atom. The highest BCUT2D eigenvalue weighted by atomic mass is 16.6. The first-order valence-electron chi connectivity index (χ1n) is 9.89. The summed E-state index contributed by atoms with van der Waals surface area (Å²) in [6.45, 7) is 3.86. The van der Waals surface area contributed by atoms with Gasteiger partial charge in [0.05, 0.1) is 10.8 Å². The molecule has 2 atom stereocenters. The van der Waals surface area contributed by atoms with Crippen LogP contribution in [0.15, 0.2) is 18.2 Å². The minimum absolute atomic E-state index is 0.0137. The average Bonchev–Trinajstić information content (AvgIpc) is 3.29. The largest absolute Gasteiger partial charge is 0.338 e. The summed E-state index contributed by atoms with van der Waals surface area (Å²) >= 11 is 0. The molecule has 0 saturated carbocycles. The van der Waals surface area contributed by atoms with Crippen LogP contribution in [0.2, 0.25) is 0 Å². The van der Waals surface area contributed by atoms with E-state index in [-0.39, 0.29) is 29.8 Å². The SMILES string of the molecule is O=C1CC(C(=O)N2CCCCC2CN2CCCC2)c2ccc([N+](=O)[O-])cc21. The molecule has 1 aromatic rings. The maximum absolute atomic E-state index is 13.3. The van der Waals surface area contributed by atoms with Gasteiger partial charge in [0, 0.05) is 43.2 Å². The van der Waals surface area contributed by atoms with Crippen LogP contribution in [-0.4, -0.2) is 58.6 Å². The molecule has 2 saturated heterocycles. The van der Waals surface area contributed by atoms with Gasteiger partial charge in [-0.15, -0.1) is 0 Å². The number of carbonyl (C=O) groups excluding carboxylic acids is 2. The third kappa shape index (κ3) is 3.48. The second-order valence-corrected chi connectivity index (χ2v) is 7.90. The van der Waals surface area contributed by atoms with Crippen molar-refractivity contribution >= 4 is 17.4 Å². The molecule has 2 unspecified atom stereocenters. The van der Waals surface area contributed by atoms with Crippen LogP contribution in [0.5, 0.6) is 0 Å². The Labute approximate surface area is 158 Å². The smallest absolute Gasteiger partial charge is 0.270 e. The van der Waals surface area contributed by atoms with Gasteiger partial charge in [-0.25, -0.2) is 0 Å². The molecular formula is C20H25N3O4. The monoisotopic (exact) mass is 371 g/mol. The van der Waals surface area contributed by atoms with Crippen molar-refractivity contribution in [3.05, 3.63) is 39.4 Å². The number of Topliss-reactive ketones (excluding diaryl/α,β-unsaturated/α-hetero) is 1. The summed E-state index contributed by atoms with van der Waals surface area (Å²) in [5.41, 5.74) is 0.900. The van der Waals surface area contributed by atoms with Crippen LogP contribution in [0.3, 0.4) is 0 Å². The Hall–Kier alpha value is -2.28. The predicted octanol–water partition coefficient (Wildman–Crippen LogP) is 2.74. The number of benzene rings is 1. The first-order valence-corrected chi connectivity index (χ1v) is 9.89. The second kappa shape index (κ2) is 7.38. The number of non-ortho nitro benzene ring substituents is 1. The highest BCUT2D eigenvalue weighted by Crippen LogP contribution is 2.37. The quantitative estimate of drug-likeness (QED) is 0.600. The van der Waals surface area contributed by atoms with Gasteiger partial charge in [-0.3, -0.25) is 19.7 Å². The number of piperidine rings is 1. The van der Waals surface area contributed by atoms with Crippen LogP contribution in [-0.2, 0) is 4.79 Å². The number of nitro benzene ring substituents is 1. The lowest BCUT2D eigenvalue weighted by atomic mass is 9.95. The van der Waals surface area contributed by atoms with Gasteiger partial charge in [-0.2, -0.15) is 0 Å². The number of nitro groups is 1. The Bertz CT molecular complexity index is 772. The van der Waals surface area contributed by atoms with Crippen molar-refractivity contribution in [1.29, 1.82) is 0 Å². The van der Waals surface area contributed by atoms with Crippen molar-refractivity contribution in [1.82, 2.24) is 9.80 Å². The Morgan fingerprint density at radius 2 is 1.89 bits per heavy atom. The molecule has 0 radical (unpaired) electrons. The van der Waals surface area contributed by atoms with E-state index in [0.717, 1.165) is 45.4 Å². The van der Waals surface area contributed by atoms with E-state index in [9.17, 15) is 19.7 Å². The highest BCUT2D eigenvalue weighted by molar-refractivity contribution is 6.07. The van der Waals surface area contributed by atoms with E-state index in [1.54, 1.807) is 6.07 Å². The van der Waals surface area contributed by atoms with E-state index in [0.29, 0.717) is 11.1 Å².